The van der Waals surface area contributed by atoms with Crippen LogP contribution in [0.3, 0.4) is 0 Å². The first-order valence-electron chi connectivity index (χ1n) is 6.01. The summed E-state index contributed by atoms with van der Waals surface area (Å²) in [6.45, 7) is 0. The standard InChI is InChI=1S/C12H8ClF3N2O3S2/c13-10(19)3-5-23(20,21)11-17-7(8-2-1-4-22-8)6-9(18-11)12(14,15)16/h1-2,4,6H,3,5H2. The molecule has 0 aromatic carbocycles. The van der Waals surface area contributed by atoms with Gasteiger partial charge in [0.05, 0.1) is 16.3 Å². The Labute approximate surface area is 138 Å². The van der Waals surface area contributed by atoms with E-state index in [9.17, 15) is 26.4 Å². The Morgan fingerprint density at radius 1 is 1.30 bits per heavy atom. The van der Waals surface area contributed by atoms with Crippen molar-refractivity contribution in [2.75, 3.05) is 5.75 Å². The molecule has 124 valence electrons. The van der Waals surface area contributed by atoms with E-state index in [0.29, 0.717) is 10.9 Å². The zero-order chi connectivity index (χ0) is 17.3. The van der Waals surface area contributed by atoms with E-state index < -0.39 is 44.3 Å². The van der Waals surface area contributed by atoms with Gasteiger partial charge in [0.25, 0.3) is 0 Å². The van der Waals surface area contributed by atoms with Gasteiger partial charge in [0, 0.05) is 6.42 Å². The summed E-state index contributed by atoms with van der Waals surface area (Å²) in [5.41, 5.74) is -1.52. The van der Waals surface area contributed by atoms with Crippen LogP contribution in [0, 0.1) is 0 Å². The summed E-state index contributed by atoms with van der Waals surface area (Å²) in [5.74, 6) is -0.763. The predicted octanol–water partition coefficient (Wildman–Crippen LogP) is 3.15. The van der Waals surface area contributed by atoms with E-state index in [0.717, 1.165) is 11.3 Å². The Morgan fingerprint density at radius 3 is 2.52 bits per heavy atom. The minimum absolute atomic E-state index is 0.155. The van der Waals surface area contributed by atoms with Crippen molar-refractivity contribution in [2.45, 2.75) is 17.8 Å². The highest BCUT2D eigenvalue weighted by atomic mass is 35.5. The number of hydrogen-bond acceptors (Lipinski definition) is 6. The lowest BCUT2D eigenvalue weighted by molar-refractivity contribution is -0.141. The number of hydrogen-bond donors (Lipinski definition) is 0. The molecule has 0 unspecified atom stereocenters. The molecule has 5 nitrogen and oxygen atoms in total. The second-order valence-corrected chi connectivity index (χ2v) is 7.69. The zero-order valence-electron chi connectivity index (χ0n) is 11.2. The molecule has 2 rings (SSSR count). The summed E-state index contributed by atoms with van der Waals surface area (Å²) in [6, 6.07) is 3.78. The maximum Gasteiger partial charge on any atom is 0.433 e. The van der Waals surface area contributed by atoms with Crippen molar-refractivity contribution in [1.82, 2.24) is 9.97 Å². The van der Waals surface area contributed by atoms with Gasteiger partial charge >= 0.3 is 6.18 Å². The third kappa shape index (κ3) is 4.49. The van der Waals surface area contributed by atoms with Gasteiger partial charge in [0.15, 0.2) is 0 Å². The van der Waals surface area contributed by atoms with Crippen LogP contribution in [0.1, 0.15) is 12.1 Å². The predicted molar refractivity (Wildman–Crippen MR) is 77.9 cm³/mol. The molecular formula is C12H8ClF3N2O3S2. The van der Waals surface area contributed by atoms with Crippen LogP contribution in [0.4, 0.5) is 13.2 Å². The molecule has 0 aliphatic heterocycles. The number of sulfone groups is 1. The number of carbonyl (C=O) groups is 1. The Morgan fingerprint density at radius 2 is 2.00 bits per heavy atom. The third-order valence-corrected chi connectivity index (χ3v) is 5.18. The number of rotatable bonds is 5. The molecule has 0 radical (unpaired) electrons. The van der Waals surface area contributed by atoms with Gasteiger partial charge in [-0.05, 0) is 29.1 Å². The van der Waals surface area contributed by atoms with E-state index in [-0.39, 0.29) is 5.69 Å². The van der Waals surface area contributed by atoms with Crippen molar-refractivity contribution in [3.05, 3.63) is 29.3 Å². The van der Waals surface area contributed by atoms with E-state index in [1.807, 2.05) is 0 Å². The van der Waals surface area contributed by atoms with Gasteiger partial charge in [-0.15, -0.1) is 11.3 Å². The van der Waals surface area contributed by atoms with Crippen LogP contribution in [-0.2, 0) is 20.8 Å². The van der Waals surface area contributed by atoms with Gasteiger partial charge in [0.1, 0.15) is 5.69 Å². The third-order valence-electron chi connectivity index (χ3n) is 2.62. The summed E-state index contributed by atoms with van der Waals surface area (Å²) in [7, 11) is -4.27. The quantitative estimate of drug-likeness (QED) is 0.584. The molecule has 0 saturated carbocycles. The molecule has 11 heteroatoms. The van der Waals surface area contributed by atoms with Crippen LogP contribution < -0.4 is 0 Å². The van der Waals surface area contributed by atoms with Gasteiger partial charge in [-0.25, -0.2) is 18.4 Å². The molecule has 0 atom stereocenters. The van der Waals surface area contributed by atoms with Crippen LogP contribution in [0.25, 0.3) is 10.6 Å². The van der Waals surface area contributed by atoms with Crippen LogP contribution in [-0.4, -0.2) is 29.4 Å². The first-order valence-corrected chi connectivity index (χ1v) is 8.92. The molecular weight excluding hydrogens is 377 g/mol. The molecule has 0 aliphatic carbocycles. The lowest BCUT2D eigenvalue weighted by Crippen LogP contribution is -2.17. The first kappa shape index (κ1) is 17.8. The van der Waals surface area contributed by atoms with Gasteiger partial charge in [-0.1, -0.05) is 6.07 Å². The number of thiophene rings is 1. The molecule has 0 spiro atoms. The monoisotopic (exact) mass is 384 g/mol. The SMILES string of the molecule is O=C(Cl)CCS(=O)(=O)c1nc(-c2cccs2)cc(C(F)(F)F)n1. The van der Waals surface area contributed by atoms with Crippen molar-refractivity contribution in [3.8, 4) is 10.6 Å². The average molecular weight is 385 g/mol. The fraction of sp³-hybridized carbons (Fsp3) is 0.250. The number of aromatic nitrogens is 2. The van der Waals surface area contributed by atoms with Crippen molar-refractivity contribution < 1.29 is 26.4 Å². The number of carbonyl (C=O) groups excluding carboxylic acids is 1. The largest absolute Gasteiger partial charge is 0.433 e. The molecule has 0 aliphatic rings. The molecule has 0 fully saturated rings. The first-order chi connectivity index (χ1) is 10.6. The summed E-state index contributed by atoms with van der Waals surface area (Å²) >= 11 is 6.17. The van der Waals surface area contributed by atoms with Crippen LogP contribution in [0.15, 0.2) is 28.7 Å². The van der Waals surface area contributed by atoms with E-state index in [1.165, 1.54) is 6.07 Å². The zero-order valence-corrected chi connectivity index (χ0v) is 13.6. The minimum Gasteiger partial charge on any atom is -0.281 e. The van der Waals surface area contributed by atoms with Crippen molar-refractivity contribution >= 4 is 38.0 Å². The number of alkyl halides is 3. The molecule has 0 bridgehead atoms. The average Bonchev–Trinajstić information content (AvgIpc) is 2.98. The van der Waals surface area contributed by atoms with E-state index in [2.05, 4.69) is 9.97 Å². The molecule has 2 aromatic heterocycles. The fourth-order valence-corrected chi connectivity index (χ4v) is 3.57. The molecule has 2 heterocycles. The van der Waals surface area contributed by atoms with Crippen molar-refractivity contribution in [3.63, 3.8) is 0 Å². The Hall–Kier alpha value is -1.52. The summed E-state index contributed by atoms with van der Waals surface area (Å²) in [5, 5.41) is -0.280. The summed E-state index contributed by atoms with van der Waals surface area (Å²) in [6.07, 6.45) is -5.38. The molecule has 0 N–H and O–H groups in total. The molecule has 2 aromatic rings. The van der Waals surface area contributed by atoms with E-state index in [1.54, 1.807) is 11.4 Å². The lowest BCUT2D eigenvalue weighted by Gasteiger charge is -2.10. The Balaban J connectivity index is 2.55. The van der Waals surface area contributed by atoms with Crippen LogP contribution in [0.2, 0.25) is 0 Å². The summed E-state index contributed by atoms with van der Waals surface area (Å²) in [4.78, 5) is 17.8. The second kappa shape index (κ2) is 6.54. The van der Waals surface area contributed by atoms with Gasteiger partial charge < -0.3 is 0 Å². The van der Waals surface area contributed by atoms with Gasteiger partial charge in [0.2, 0.25) is 20.2 Å². The summed E-state index contributed by atoms with van der Waals surface area (Å²) < 4.78 is 62.9. The highest BCUT2D eigenvalue weighted by molar-refractivity contribution is 7.91. The van der Waals surface area contributed by atoms with E-state index >= 15 is 0 Å². The maximum absolute atomic E-state index is 12.9. The second-order valence-electron chi connectivity index (χ2n) is 4.32. The topological polar surface area (TPSA) is 77.0 Å². The highest BCUT2D eigenvalue weighted by Crippen LogP contribution is 2.32. The van der Waals surface area contributed by atoms with Crippen molar-refractivity contribution in [2.24, 2.45) is 0 Å². The normalized spacial score (nSPS) is 12.3. The fourth-order valence-electron chi connectivity index (χ4n) is 1.57. The lowest BCUT2D eigenvalue weighted by atomic mass is 10.3. The van der Waals surface area contributed by atoms with Crippen LogP contribution in [0.5, 0.6) is 0 Å². The molecule has 0 amide bonds. The van der Waals surface area contributed by atoms with Crippen molar-refractivity contribution in [1.29, 1.82) is 0 Å². The molecule has 23 heavy (non-hydrogen) atoms. The number of halogens is 4. The Kier molecular flexibility index (Phi) is 5.07. The van der Waals surface area contributed by atoms with Gasteiger partial charge in [-0.2, -0.15) is 13.2 Å². The minimum atomic E-state index is -4.83. The Bertz CT molecular complexity index is 821. The maximum atomic E-state index is 12.9. The van der Waals surface area contributed by atoms with Gasteiger partial charge in [-0.3, -0.25) is 4.79 Å². The number of nitrogens with zero attached hydrogens (tertiary/aromatic N) is 2. The smallest absolute Gasteiger partial charge is 0.281 e. The van der Waals surface area contributed by atoms with E-state index in [4.69, 9.17) is 11.6 Å². The molecule has 0 saturated heterocycles. The highest BCUT2D eigenvalue weighted by Gasteiger charge is 2.35. The van der Waals surface area contributed by atoms with Crippen LogP contribution >= 0.6 is 22.9 Å².